The van der Waals surface area contributed by atoms with Gasteiger partial charge in [0, 0.05) is 11.1 Å². The van der Waals surface area contributed by atoms with Crippen LogP contribution in [0.3, 0.4) is 0 Å². The zero-order valence-corrected chi connectivity index (χ0v) is 16.0. The third-order valence-electron chi connectivity index (χ3n) is 4.43. The Balaban J connectivity index is 2.16. The molecule has 6 nitrogen and oxygen atoms in total. The summed E-state index contributed by atoms with van der Waals surface area (Å²) in [4.78, 5) is 24.5. The Morgan fingerprint density at radius 3 is 2.46 bits per heavy atom. The fraction of sp³-hybridized carbons (Fsp3) is 0.368. The number of carbonyl (C=O) groups is 2. The van der Waals surface area contributed by atoms with E-state index in [-0.39, 0.29) is 11.7 Å². The lowest BCUT2D eigenvalue weighted by Gasteiger charge is -2.34. The van der Waals surface area contributed by atoms with Gasteiger partial charge in [0.2, 0.25) is 11.8 Å². The van der Waals surface area contributed by atoms with Crippen molar-refractivity contribution in [3.05, 3.63) is 39.9 Å². The SMILES string of the molecule is Cc1cccc(C)c1NC(=O)CSC1=C(C#N)C(C)(C)[C@@H](C#N)C(=O)N1. The summed E-state index contributed by atoms with van der Waals surface area (Å²) in [5, 5.41) is 24.5. The monoisotopic (exact) mass is 368 g/mol. The van der Waals surface area contributed by atoms with Crippen LogP contribution in [0.4, 0.5) is 5.69 Å². The second-order valence-corrected chi connectivity index (χ2v) is 7.68. The van der Waals surface area contributed by atoms with Crippen molar-refractivity contribution in [3.8, 4) is 12.1 Å². The number of hydrogen-bond acceptors (Lipinski definition) is 5. The van der Waals surface area contributed by atoms with Gasteiger partial charge in [0.05, 0.1) is 28.5 Å². The summed E-state index contributed by atoms with van der Waals surface area (Å²) >= 11 is 1.09. The van der Waals surface area contributed by atoms with Crippen molar-refractivity contribution in [1.82, 2.24) is 5.32 Å². The Morgan fingerprint density at radius 2 is 1.92 bits per heavy atom. The summed E-state index contributed by atoms with van der Waals surface area (Å²) in [6.07, 6.45) is 0. The lowest BCUT2D eigenvalue weighted by Crippen LogP contribution is -2.44. The number of thioether (sulfide) groups is 1. The van der Waals surface area contributed by atoms with Gasteiger partial charge in [0.1, 0.15) is 5.92 Å². The van der Waals surface area contributed by atoms with E-state index in [1.807, 2.05) is 38.1 Å². The van der Waals surface area contributed by atoms with E-state index >= 15 is 0 Å². The number of rotatable bonds is 4. The minimum absolute atomic E-state index is 0.0435. The molecule has 1 aliphatic rings. The zero-order valence-electron chi connectivity index (χ0n) is 15.1. The van der Waals surface area contributed by atoms with Crippen LogP contribution in [0.5, 0.6) is 0 Å². The molecule has 1 aromatic carbocycles. The van der Waals surface area contributed by atoms with Gasteiger partial charge in [0.25, 0.3) is 0 Å². The molecule has 0 saturated carbocycles. The molecule has 0 aromatic heterocycles. The van der Waals surface area contributed by atoms with Crippen molar-refractivity contribution >= 4 is 29.3 Å². The maximum absolute atomic E-state index is 12.3. The van der Waals surface area contributed by atoms with E-state index in [2.05, 4.69) is 16.7 Å². The van der Waals surface area contributed by atoms with Gasteiger partial charge in [0.15, 0.2) is 0 Å². The van der Waals surface area contributed by atoms with Crippen LogP contribution in [0.1, 0.15) is 25.0 Å². The second-order valence-electron chi connectivity index (χ2n) is 6.69. The average Bonchev–Trinajstić information content (AvgIpc) is 2.56. The molecule has 0 unspecified atom stereocenters. The van der Waals surface area contributed by atoms with Gasteiger partial charge in [-0.15, -0.1) is 0 Å². The van der Waals surface area contributed by atoms with Crippen molar-refractivity contribution in [2.45, 2.75) is 27.7 Å². The molecule has 1 aromatic rings. The number of nitrogens with zero attached hydrogens (tertiary/aromatic N) is 2. The van der Waals surface area contributed by atoms with Crippen LogP contribution in [-0.4, -0.2) is 17.6 Å². The van der Waals surface area contributed by atoms with E-state index in [1.165, 1.54) is 0 Å². The van der Waals surface area contributed by atoms with Crippen LogP contribution in [-0.2, 0) is 9.59 Å². The van der Waals surface area contributed by atoms with Crippen LogP contribution in [0.25, 0.3) is 0 Å². The predicted octanol–water partition coefficient (Wildman–Crippen LogP) is 3.01. The van der Waals surface area contributed by atoms with Crippen molar-refractivity contribution in [2.24, 2.45) is 11.3 Å². The number of anilines is 1. The molecule has 0 radical (unpaired) electrons. The number of nitriles is 2. The Morgan fingerprint density at radius 1 is 1.31 bits per heavy atom. The molecule has 134 valence electrons. The third kappa shape index (κ3) is 3.74. The van der Waals surface area contributed by atoms with E-state index in [1.54, 1.807) is 13.8 Å². The number of carbonyl (C=O) groups excluding carboxylic acids is 2. The number of para-hydroxylation sites is 1. The first kappa shape index (κ1) is 19.6. The molecule has 2 amide bonds. The summed E-state index contributed by atoms with van der Waals surface area (Å²) in [6, 6.07) is 9.79. The number of hydrogen-bond donors (Lipinski definition) is 2. The van der Waals surface area contributed by atoms with Crippen LogP contribution in [0, 0.1) is 47.8 Å². The molecule has 0 fully saturated rings. The maximum Gasteiger partial charge on any atom is 0.243 e. The first-order chi connectivity index (χ1) is 12.2. The molecule has 2 N–H and O–H groups in total. The molecule has 1 atom stereocenters. The highest BCUT2D eigenvalue weighted by atomic mass is 32.2. The van der Waals surface area contributed by atoms with E-state index in [9.17, 15) is 20.1 Å². The molecule has 0 aliphatic carbocycles. The lowest BCUT2D eigenvalue weighted by atomic mass is 9.72. The molecule has 2 rings (SSSR count). The number of amides is 2. The van der Waals surface area contributed by atoms with E-state index in [0.717, 1.165) is 28.6 Å². The maximum atomic E-state index is 12.3. The Kier molecular flexibility index (Phi) is 5.74. The van der Waals surface area contributed by atoms with Crippen molar-refractivity contribution in [3.63, 3.8) is 0 Å². The summed E-state index contributed by atoms with van der Waals surface area (Å²) < 4.78 is 0. The second kappa shape index (κ2) is 7.63. The molecular weight excluding hydrogens is 348 g/mol. The Hall–Kier alpha value is -2.77. The van der Waals surface area contributed by atoms with Gasteiger partial charge >= 0.3 is 0 Å². The summed E-state index contributed by atoms with van der Waals surface area (Å²) in [5.41, 5.74) is 2.10. The normalized spacial score (nSPS) is 18.5. The van der Waals surface area contributed by atoms with Gasteiger partial charge in [-0.25, -0.2) is 0 Å². The minimum atomic E-state index is -0.940. The van der Waals surface area contributed by atoms with E-state index in [4.69, 9.17) is 0 Å². The molecule has 0 bridgehead atoms. The van der Waals surface area contributed by atoms with Crippen LogP contribution >= 0.6 is 11.8 Å². The first-order valence-corrected chi connectivity index (χ1v) is 9.05. The van der Waals surface area contributed by atoms with Gasteiger partial charge in [-0.05, 0) is 25.0 Å². The van der Waals surface area contributed by atoms with Gasteiger partial charge < -0.3 is 10.6 Å². The molecule has 7 heteroatoms. The first-order valence-electron chi connectivity index (χ1n) is 8.06. The van der Waals surface area contributed by atoms with E-state index < -0.39 is 17.2 Å². The quantitative estimate of drug-likeness (QED) is 0.850. The van der Waals surface area contributed by atoms with Crippen LogP contribution in [0.15, 0.2) is 28.8 Å². The van der Waals surface area contributed by atoms with Gasteiger partial charge in [-0.2, -0.15) is 10.5 Å². The van der Waals surface area contributed by atoms with Crippen LogP contribution in [0.2, 0.25) is 0 Å². The largest absolute Gasteiger partial charge is 0.325 e. The lowest BCUT2D eigenvalue weighted by molar-refractivity contribution is -0.125. The number of aryl methyl sites for hydroxylation is 2. The number of allylic oxidation sites excluding steroid dienone is 1. The highest BCUT2D eigenvalue weighted by Crippen LogP contribution is 2.41. The zero-order chi connectivity index (χ0) is 19.5. The topological polar surface area (TPSA) is 106 Å². The Bertz CT molecular complexity index is 854. The van der Waals surface area contributed by atoms with Gasteiger partial charge in [-0.1, -0.05) is 43.8 Å². The average molecular weight is 368 g/mol. The fourth-order valence-corrected chi connectivity index (χ4v) is 3.83. The van der Waals surface area contributed by atoms with E-state index in [0.29, 0.717) is 10.6 Å². The van der Waals surface area contributed by atoms with Crippen molar-refractivity contribution in [2.75, 3.05) is 11.1 Å². The molecular formula is C19H20N4O2S. The minimum Gasteiger partial charge on any atom is -0.325 e. The molecule has 26 heavy (non-hydrogen) atoms. The summed E-state index contributed by atoms with van der Waals surface area (Å²) in [7, 11) is 0. The predicted molar refractivity (Wildman–Crippen MR) is 101 cm³/mol. The smallest absolute Gasteiger partial charge is 0.243 e. The number of benzene rings is 1. The fourth-order valence-electron chi connectivity index (χ4n) is 2.86. The molecule has 1 heterocycles. The highest BCUT2D eigenvalue weighted by molar-refractivity contribution is 8.03. The van der Waals surface area contributed by atoms with Crippen molar-refractivity contribution < 1.29 is 9.59 Å². The highest BCUT2D eigenvalue weighted by Gasteiger charge is 2.44. The summed E-state index contributed by atoms with van der Waals surface area (Å²) in [5.74, 6) is -1.58. The standard InChI is InChI=1S/C19H20N4O2S/c1-11-6-5-7-12(2)16(11)22-15(24)10-26-18-14(9-21)19(3,4)13(8-20)17(25)23-18/h5-7,13H,10H2,1-4H3,(H,22,24)(H,23,25)/t13-/m0/s1. The molecule has 0 spiro atoms. The molecule has 1 aliphatic heterocycles. The molecule has 0 saturated heterocycles. The van der Waals surface area contributed by atoms with Crippen molar-refractivity contribution in [1.29, 1.82) is 10.5 Å². The van der Waals surface area contributed by atoms with Crippen LogP contribution < -0.4 is 10.6 Å². The summed E-state index contributed by atoms with van der Waals surface area (Å²) in [6.45, 7) is 7.21. The third-order valence-corrected chi connectivity index (χ3v) is 5.43. The number of nitrogens with one attached hydrogen (secondary N) is 2. The Labute approximate surface area is 157 Å². The van der Waals surface area contributed by atoms with Gasteiger partial charge in [-0.3, -0.25) is 9.59 Å².